The van der Waals surface area contributed by atoms with E-state index in [1.165, 1.54) is 0 Å². The van der Waals surface area contributed by atoms with E-state index in [0.29, 0.717) is 19.0 Å². The Labute approximate surface area is 192 Å². The van der Waals surface area contributed by atoms with E-state index in [2.05, 4.69) is 33.1 Å². The first-order valence-electron chi connectivity index (χ1n) is 10.9. The van der Waals surface area contributed by atoms with Gasteiger partial charge in [-0.2, -0.15) is 5.10 Å². The third kappa shape index (κ3) is 4.61. The highest BCUT2D eigenvalue weighted by Crippen LogP contribution is 2.27. The number of pyridine rings is 1. The minimum atomic E-state index is 0.634. The summed E-state index contributed by atoms with van der Waals surface area (Å²) in [5.41, 5.74) is 9.81. The largest absolute Gasteiger partial charge is 0.378 e. The summed E-state index contributed by atoms with van der Waals surface area (Å²) in [7, 11) is 0. The predicted octanol–water partition coefficient (Wildman–Crippen LogP) is 4.11. The smallest absolute Gasteiger partial charge is 0.177 e. The molecule has 0 amide bonds. The molecule has 0 unspecified atom stereocenters. The summed E-state index contributed by atoms with van der Waals surface area (Å²) in [6.45, 7) is 8.97. The van der Waals surface area contributed by atoms with Crippen molar-refractivity contribution >= 4 is 28.9 Å². The maximum atomic E-state index is 5.54. The predicted molar refractivity (Wildman–Crippen MR) is 132 cm³/mol. The molecule has 0 saturated carbocycles. The maximum Gasteiger partial charge on any atom is 0.177 e. The summed E-state index contributed by atoms with van der Waals surface area (Å²) in [5.74, 6) is 0.634. The van der Waals surface area contributed by atoms with Crippen molar-refractivity contribution in [3.05, 3.63) is 78.8 Å². The molecule has 4 aromatic rings. The lowest BCUT2D eigenvalue weighted by molar-refractivity contribution is 0.123. The van der Waals surface area contributed by atoms with Crippen molar-refractivity contribution in [2.45, 2.75) is 6.92 Å². The third-order valence-electron chi connectivity index (χ3n) is 5.51. The van der Waals surface area contributed by atoms with Crippen LogP contribution in [0.3, 0.4) is 0 Å². The van der Waals surface area contributed by atoms with Crippen LogP contribution in [0.2, 0.25) is 0 Å². The number of rotatable bonds is 6. The summed E-state index contributed by atoms with van der Waals surface area (Å²) < 4.78 is 7.35. The average molecular weight is 440 g/mol. The number of allylic oxidation sites excluding steroid dienone is 1. The van der Waals surface area contributed by atoms with E-state index in [1.807, 2.05) is 49.5 Å². The van der Waals surface area contributed by atoms with Gasteiger partial charge in [-0.05, 0) is 36.2 Å². The van der Waals surface area contributed by atoms with Gasteiger partial charge >= 0.3 is 0 Å². The fraction of sp³-hybridized carbons (Fsp3) is 0.200. The van der Waals surface area contributed by atoms with Crippen LogP contribution in [0.5, 0.6) is 0 Å². The Morgan fingerprint density at radius 3 is 2.76 bits per heavy atom. The molecule has 0 atom stereocenters. The summed E-state index contributed by atoms with van der Waals surface area (Å²) in [6.07, 6.45) is 7.24. The van der Waals surface area contributed by atoms with E-state index in [-0.39, 0.29) is 0 Å². The van der Waals surface area contributed by atoms with Crippen LogP contribution in [0.25, 0.3) is 22.5 Å². The number of hydrogen-bond acceptors (Lipinski definition) is 7. The maximum absolute atomic E-state index is 5.54. The second-order valence-electron chi connectivity index (χ2n) is 7.92. The fourth-order valence-corrected chi connectivity index (χ4v) is 3.77. The van der Waals surface area contributed by atoms with Crippen LogP contribution < -0.4 is 10.3 Å². The summed E-state index contributed by atoms with van der Waals surface area (Å²) in [4.78, 5) is 11.2. The van der Waals surface area contributed by atoms with Crippen molar-refractivity contribution in [2.75, 3.05) is 36.6 Å². The van der Waals surface area contributed by atoms with Gasteiger partial charge in [0.15, 0.2) is 11.5 Å². The van der Waals surface area contributed by atoms with Gasteiger partial charge in [0, 0.05) is 37.1 Å². The highest BCUT2D eigenvalue weighted by Gasteiger charge is 2.18. The lowest BCUT2D eigenvalue weighted by atomic mass is 10.1. The van der Waals surface area contributed by atoms with Gasteiger partial charge in [0.1, 0.15) is 0 Å². The van der Waals surface area contributed by atoms with E-state index in [1.54, 1.807) is 23.1 Å². The van der Waals surface area contributed by atoms with Gasteiger partial charge in [0.25, 0.3) is 0 Å². The average Bonchev–Trinajstić information content (AvgIpc) is 3.29. The highest BCUT2D eigenvalue weighted by atomic mass is 16.5. The highest BCUT2D eigenvalue weighted by molar-refractivity contribution is 5.82. The molecule has 1 fully saturated rings. The topological polar surface area (TPSA) is 79.9 Å². The normalized spacial score (nSPS) is 14.2. The zero-order valence-electron chi connectivity index (χ0n) is 18.5. The lowest BCUT2D eigenvalue weighted by Gasteiger charge is -2.29. The molecule has 0 aliphatic carbocycles. The molecule has 8 nitrogen and oxygen atoms in total. The molecule has 3 aromatic heterocycles. The van der Waals surface area contributed by atoms with Gasteiger partial charge < -0.3 is 9.64 Å². The Morgan fingerprint density at radius 1 is 1.15 bits per heavy atom. The number of nitrogens with zero attached hydrogens (tertiary/aromatic N) is 6. The van der Waals surface area contributed by atoms with Crippen LogP contribution >= 0.6 is 0 Å². The van der Waals surface area contributed by atoms with Crippen LogP contribution in [0.15, 0.2) is 72.7 Å². The Balaban J connectivity index is 1.48. The van der Waals surface area contributed by atoms with Crippen molar-refractivity contribution < 1.29 is 4.74 Å². The molecule has 1 aliphatic rings. The van der Waals surface area contributed by atoms with Gasteiger partial charge in [-0.15, -0.1) is 5.10 Å². The van der Waals surface area contributed by atoms with E-state index >= 15 is 0 Å². The molecule has 1 aromatic carbocycles. The van der Waals surface area contributed by atoms with Crippen molar-refractivity contribution in [1.82, 2.24) is 19.6 Å². The van der Waals surface area contributed by atoms with Crippen molar-refractivity contribution in [2.24, 2.45) is 5.10 Å². The quantitative estimate of drug-likeness (QED) is 0.360. The molecule has 1 N–H and O–H groups in total. The number of hydrogen-bond donors (Lipinski definition) is 1. The summed E-state index contributed by atoms with van der Waals surface area (Å²) in [6, 6.07) is 14.0. The van der Waals surface area contributed by atoms with Crippen LogP contribution in [0, 0.1) is 0 Å². The van der Waals surface area contributed by atoms with Gasteiger partial charge in [-0.1, -0.05) is 30.4 Å². The van der Waals surface area contributed by atoms with Gasteiger partial charge in [-0.25, -0.2) is 9.50 Å². The van der Waals surface area contributed by atoms with E-state index in [9.17, 15) is 0 Å². The lowest BCUT2D eigenvalue weighted by Crippen LogP contribution is -2.36. The van der Waals surface area contributed by atoms with Crippen LogP contribution in [0.4, 0.5) is 11.5 Å². The van der Waals surface area contributed by atoms with E-state index < -0.39 is 0 Å². The molecule has 1 saturated heterocycles. The minimum absolute atomic E-state index is 0.634. The number of aromatic nitrogens is 4. The third-order valence-corrected chi connectivity index (χ3v) is 5.51. The van der Waals surface area contributed by atoms with E-state index in [0.717, 1.165) is 52.4 Å². The summed E-state index contributed by atoms with van der Waals surface area (Å²) >= 11 is 0. The molecule has 166 valence electrons. The Morgan fingerprint density at radius 2 is 1.97 bits per heavy atom. The van der Waals surface area contributed by atoms with Gasteiger partial charge in [-0.3, -0.25) is 10.4 Å². The van der Waals surface area contributed by atoms with Crippen molar-refractivity contribution in [1.29, 1.82) is 0 Å². The van der Waals surface area contributed by atoms with Crippen LogP contribution in [-0.2, 0) is 4.74 Å². The second kappa shape index (κ2) is 9.22. The molecular formula is C25H25N7O. The molecule has 1 aliphatic heterocycles. The molecule has 0 bridgehead atoms. The van der Waals surface area contributed by atoms with Crippen LogP contribution in [-0.4, -0.2) is 52.1 Å². The number of fused-ring (bicyclic) bond motifs is 1. The van der Waals surface area contributed by atoms with Gasteiger partial charge in [0.2, 0.25) is 0 Å². The second-order valence-corrected chi connectivity index (χ2v) is 7.92. The molecular weight excluding hydrogens is 414 g/mol. The number of morpholine rings is 1. The molecule has 5 rings (SSSR count). The molecule has 0 radical (unpaired) electrons. The first-order chi connectivity index (χ1) is 16.2. The summed E-state index contributed by atoms with van der Waals surface area (Å²) in [5, 5.41) is 9.11. The van der Waals surface area contributed by atoms with Crippen molar-refractivity contribution in [3.8, 4) is 11.3 Å². The number of ether oxygens (including phenoxy) is 1. The fourth-order valence-electron chi connectivity index (χ4n) is 3.77. The number of imidazole rings is 1. The number of nitrogens with one attached hydrogen (secondary N) is 1. The zero-order valence-corrected chi connectivity index (χ0v) is 18.5. The first kappa shape index (κ1) is 20.8. The Hall–Kier alpha value is -4.04. The SMILES string of the molecule is C=C(C)c1cccc(/C=N/Nc2cc(N3CCOCC3)c3nc(-c4ccncc4)cn3n2)c1. The van der Waals surface area contributed by atoms with Crippen LogP contribution in [0.1, 0.15) is 18.1 Å². The number of hydrazone groups is 1. The number of benzene rings is 1. The molecule has 8 heteroatoms. The molecule has 33 heavy (non-hydrogen) atoms. The van der Waals surface area contributed by atoms with E-state index in [4.69, 9.17) is 14.8 Å². The van der Waals surface area contributed by atoms with Gasteiger partial charge in [0.05, 0.1) is 37.0 Å². The number of anilines is 2. The Kier molecular flexibility index (Phi) is 5.82. The molecule has 0 spiro atoms. The standard InChI is InChI=1S/C25H25N7O/c1-18(2)21-5-3-4-19(14-21)16-27-29-24-15-23(31-10-12-33-13-11-31)25-28-22(17-32(25)30-24)20-6-8-26-9-7-20/h3-9,14-17H,1,10-13H2,2H3,(H,29,30)/b27-16+. The monoisotopic (exact) mass is 439 g/mol. The van der Waals surface area contributed by atoms with Crippen molar-refractivity contribution in [3.63, 3.8) is 0 Å². The Bertz CT molecular complexity index is 1310. The minimum Gasteiger partial charge on any atom is -0.378 e. The zero-order chi connectivity index (χ0) is 22.6. The molecule has 4 heterocycles. The first-order valence-corrected chi connectivity index (χ1v) is 10.9.